The van der Waals surface area contributed by atoms with Crippen LogP contribution in [0.1, 0.15) is 42.7 Å². The summed E-state index contributed by atoms with van der Waals surface area (Å²) < 4.78 is 16.7. The highest BCUT2D eigenvalue weighted by molar-refractivity contribution is 5.79. The Bertz CT molecular complexity index is 519. The Balaban J connectivity index is 1.52. The number of hydrogen-bond donors (Lipinski definition) is 1. The molecule has 6 nitrogen and oxygen atoms in total. The van der Waals surface area contributed by atoms with E-state index in [0.717, 1.165) is 24.3 Å². The van der Waals surface area contributed by atoms with E-state index in [2.05, 4.69) is 10.5 Å². The van der Waals surface area contributed by atoms with Crippen molar-refractivity contribution >= 4 is 5.91 Å². The predicted octanol–water partition coefficient (Wildman–Crippen LogP) is 1.92. The molecule has 1 aromatic heterocycles. The number of carbonyl (C=O) groups is 1. The first-order valence-corrected chi connectivity index (χ1v) is 8.54. The molecule has 1 aliphatic carbocycles. The Kier molecular flexibility index (Phi) is 5.33. The van der Waals surface area contributed by atoms with Crippen molar-refractivity contribution in [2.75, 3.05) is 19.8 Å². The molecule has 1 aliphatic heterocycles. The van der Waals surface area contributed by atoms with Crippen LogP contribution in [0.25, 0.3) is 0 Å². The number of hydrogen-bond acceptors (Lipinski definition) is 5. The van der Waals surface area contributed by atoms with Gasteiger partial charge < -0.3 is 19.3 Å². The summed E-state index contributed by atoms with van der Waals surface area (Å²) in [4.78, 5) is 12.3. The fraction of sp³-hybridized carbons (Fsp3) is 0.765. The molecule has 128 valence electrons. The van der Waals surface area contributed by atoms with Gasteiger partial charge in [-0.1, -0.05) is 11.6 Å². The molecule has 23 heavy (non-hydrogen) atoms. The number of aryl methyl sites for hydroxylation is 2. The molecule has 2 heterocycles. The summed E-state index contributed by atoms with van der Waals surface area (Å²) in [6.45, 7) is 5.71. The first-order valence-electron chi connectivity index (χ1n) is 8.54. The first kappa shape index (κ1) is 16.5. The maximum atomic E-state index is 12.3. The van der Waals surface area contributed by atoms with Crippen molar-refractivity contribution in [2.45, 2.75) is 58.1 Å². The van der Waals surface area contributed by atoms with Gasteiger partial charge in [-0.25, -0.2) is 0 Å². The van der Waals surface area contributed by atoms with Gasteiger partial charge in [-0.05, 0) is 39.0 Å². The summed E-state index contributed by atoms with van der Waals surface area (Å²) >= 11 is 0. The molecule has 0 spiro atoms. The fourth-order valence-electron chi connectivity index (χ4n) is 3.14. The Hall–Kier alpha value is -1.40. The normalized spacial score (nSPS) is 25.1. The van der Waals surface area contributed by atoms with E-state index in [0.29, 0.717) is 24.9 Å². The van der Waals surface area contributed by atoms with E-state index in [-0.39, 0.29) is 24.5 Å². The maximum absolute atomic E-state index is 12.3. The average Bonchev–Trinajstić information content (AvgIpc) is 2.79. The summed E-state index contributed by atoms with van der Waals surface area (Å²) in [6.07, 6.45) is 5.03. The summed E-state index contributed by atoms with van der Waals surface area (Å²) in [5.41, 5.74) is 1.64. The van der Waals surface area contributed by atoms with Crippen LogP contribution < -0.4 is 5.32 Å². The highest BCUT2D eigenvalue weighted by atomic mass is 16.5. The van der Waals surface area contributed by atoms with Gasteiger partial charge >= 0.3 is 0 Å². The summed E-state index contributed by atoms with van der Waals surface area (Å²) in [6, 6.07) is -0.0724. The van der Waals surface area contributed by atoms with Crippen molar-refractivity contribution in [2.24, 2.45) is 5.92 Å². The Morgan fingerprint density at radius 3 is 2.83 bits per heavy atom. The molecular formula is C17H26N2O4. The van der Waals surface area contributed by atoms with Gasteiger partial charge in [0, 0.05) is 18.8 Å². The van der Waals surface area contributed by atoms with Gasteiger partial charge in [0.15, 0.2) is 0 Å². The zero-order valence-corrected chi connectivity index (χ0v) is 14.0. The number of carbonyl (C=O) groups excluding carboxylic acids is 1. The van der Waals surface area contributed by atoms with Crippen LogP contribution >= 0.6 is 0 Å². The van der Waals surface area contributed by atoms with Gasteiger partial charge in [0.05, 0.1) is 30.9 Å². The minimum Gasteiger partial charge on any atom is -0.379 e. The number of nitrogens with one attached hydrogen (secondary N) is 1. The van der Waals surface area contributed by atoms with Gasteiger partial charge in [-0.3, -0.25) is 4.79 Å². The molecule has 3 rings (SSSR count). The molecule has 0 radical (unpaired) electrons. The van der Waals surface area contributed by atoms with Crippen molar-refractivity contribution in [3.63, 3.8) is 0 Å². The van der Waals surface area contributed by atoms with Crippen LogP contribution in [0.5, 0.6) is 0 Å². The molecule has 2 fully saturated rings. The monoisotopic (exact) mass is 322 g/mol. The lowest BCUT2D eigenvalue weighted by molar-refractivity contribution is -0.126. The van der Waals surface area contributed by atoms with Gasteiger partial charge in [-0.2, -0.15) is 0 Å². The number of aromatic nitrogens is 1. The average molecular weight is 322 g/mol. The zero-order chi connectivity index (χ0) is 16.2. The molecule has 1 saturated heterocycles. The third kappa shape index (κ3) is 4.12. The molecule has 2 aliphatic rings. The van der Waals surface area contributed by atoms with Crippen molar-refractivity contribution in [3.05, 3.63) is 17.0 Å². The van der Waals surface area contributed by atoms with E-state index < -0.39 is 0 Å². The second-order valence-corrected chi connectivity index (χ2v) is 6.69. The SMILES string of the molecule is Cc1noc(C)c1CC(=O)N[C@@H]1COCC[C@@H]1OCC1CCC1. The van der Waals surface area contributed by atoms with Crippen molar-refractivity contribution in [1.29, 1.82) is 0 Å². The molecule has 1 N–H and O–H groups in total. The Morgan fingerprint density at radius 2 is 2.17 bits per heavy atom. The predicted molar refractivity (Wildman–Crippen MR) is 84.1 cm³/mol. The van der Waals surface area contributed by atoms with Crippen molar-refractivity contribution in [3.8, 4) is 0 Å². The van der Waals surface area contributed by atoms with Crippen LogP contribution in [0.15, 0.2) is 4.52 Å². The summed E-state index contributed by atoms with van der Waals surface area (Å²) in [5, 5.41) is 6.95. The smallest absolute Gasteiger partial charge is 0.225 e. The number of amides is 1. The standard InChI is InChI=1S/C17H26N2O4/c1-11-14(12(2)23-19-11)8-17(20)18-15-10-21-7-6-16(15)22-9-13-4-3-5-13/h13,15-16H,3-10H2,1-2H3,(H,18,20)/t15-,16+/m1/s1. The third-order valence-corrected chi connectivity index (χ3v) is 4.93. The number of ether oxygens (including phenoxy) is 2. The van der Waals surface area contributed by atoms with Crippen molar-refractivity contribution < 1.29 is 18.8 Å². The fourth-order valence-corrected chi connectivity index (χ4v) is 3.14. The highest BCUT2D eigenvalue weighted by Gasteiger charge is 2.30. The molecule has 2 atom stereocenters. The van der Waals surface area contributed by atoms with Crippen LogP contribution in [0.2, 0.25) is 0 Å². The van der Waals surface area contributed by atoms with Crippen LogP contribution in [0, 0.1) is 19.8 Å². The van der Waals surface area contributed by atoms with E-state index in [1.54, 1.807) is 0 Å². The Labute approximate surface area is 136 Å². The third-order valence-electron chi connectivity index (χ3n) is 4.93. The largest absolute Gasteiger partial charge is 0.379 e. The zero-order valence-electron chi connectivity index (χ0n) is 14.0. The van der Waals surface area contributed by atoms with Crippen LogP contribution in [0.3, 0.4) is 0 Å². The lowest BCUT2D eigenvalue weighted by Crippen LogP contribution is -2.51. The second-order valence-electron chi connectivity index (χ2n) is 6.69. The van der Waals surface area contributed by atoms with E-state index in [9.17, 15) is 4.79 Å². The van der Waals surface area contributed by atoms with Gasteiger partial charge in [0.25, 0.3) is 0 Å². The molecular weight excluding hydrogens is 296 g/mol. The first-order chi connectivity index (χ1) is 11.1. The molecule has 6 heteroatoms. The van der Waals surface area contributed by atoms with E-state index >= 15 is 0 Å². The summed E-state index contributed by atoms with van der Waals surface area (Å²) in [7, 11) is 0. The van der Waals surface area contributed by atoms with Gasteiger partial charge in [0.2, 0.25) is 5.91 Å². The minimum absolute atomic E-state index is 0.0351. The van der Waals surface area contributed by atoms with E-state index in [1.165, 1.54) is 19.3 Å². The molecule has 1 amide bonds. The highest BCUT2D eigenvalue weighted by Crippen LogP contribution is 2.27. The topological polar surface area (TPSA) is 73.6 Å². The van der Waals surface area contributed by atoms with Crippen LogP contribution in [0.4, 0.5) is 0 Å². The quantitative estimate of drug-likeness (QED) is 0.866. The lowest BCUT2D eigenvalue weighted by Gasteiger charge is -2.34. The maximum Gasteiger partial charge on any atom is 0.225 e. The van der Waals surface area contributed by atoms with E-state index in [4.69, 9.17) is 14.0 Å². The van der Waals surface area contributed by atoms with Crippen LogP contribution in [-0.4, -0.2) is 43.0 Å². The molecule has 0 aromatic carbocycles. The minimum atomic E-state index is -0.0724. The molecule has 0 bridgehead atoms. The molecule has 0 unspecified atom stereocenters. The second kappa shape index (κ2) is 7.45. The molecule has 1 aromatic rings. The number of nitrogens with zero attached hydrogens (tertiary/aromatic N) is 1. The van der Waals surface area contributed by atoms with Crippen molar-refractivity contribution in [1.82, 2.24) is 10.5 Å². The van der Waals surface area contributed by atoms with E-state index in [1.807, 2.05) is 13.8 Å². The summed E-state index contributed by atoms with van der Waals surface area (Å²) in [5.74, 6) is 1.37. The van der Waals surface area contributed by atoms with Gasteiger partial charge in [-0.15, -0.1) is 0 Å². The van der Waals surface area contributed by atoms with Gasteiger partial charge in [0.1, 0.15) is 5.76 Å². The number of rotatable bonds is 6. The Morgan fingerprint density at radius 1 is 1.35 bits per heavy atom. The lowest BCUT2D eigenvalue weighted by atomic mass is 9.86. The van der Waals surface area contributed by atoms with Crippen LogP contribution in [-0.2, 0) is 20.7 Å². The molecule has 1 saturated carbocycles.